The zero-order valence-corrected chi connectivity index (χ0v) is 13.9. The monoisotopic (exact) mass is 305 g/mol. The Bertz CT molecular complexity index is 400. The van der Waals surface area contributed by atoms with Gasteiger partial charge >= 0.3 is 5.97 Å². The van der Waals surface area contributed by atoms with E-state index in [1.54, 1.807) is 0 Å². The van der Waals surface area contributed by atoms with Crippen molar-refractivity contribution in [1.82, 2.24) is 5.32 Å². The molecule has 0 aromatic heterocycles. The molecule has 22 heavy (non-hydrogen) atoms. The summed E-state index contributed by atoms with van der Waals surface area (Å²) in [5.41, 5.74) is 2.36. The van der Waals surface area contributed by atoms with Crippen molar-refractivity contribution in [2.45, 2.75) is 71.3 Å². The lowest BCUT2D eigenvalue weighted by molar-refractivity contribution is -0.136. The Morgan fingerprint density at radius 2 is 1.55 bits per heavy atom. The number of aliphatic carboxylic acids is 1. The molecular weight excluding hydrogens is 274 g/mol. The normalized spacial score (nSPS) is 10.8. The molecule has 0 spiro atoms. The highest BCUT2D eigenvalue weighted by molar-refractivity contribution is 5.67. The van der Waals surface area contributed by atoms with Gasteiger partial charge in [0.2, 0.25) is 0 Å². The predicted molar refractivity (Wildman–Crippen MR) is 92.1 cm³/mol. The maximum atomic E-state index is 10.5. The third-order valence-electron chi connectivity index (χ3n) is 3.94. The first-order valence-electron chi connectivity index (χ1n) is 8.72. The van der Waals surface area contributed by atoms with Crippen LogP contribution in [0, 0.1) is 0 Å². The molecule has 0 atom stereocenters. The number of carboxylic acids is 1. The van der Waals surface area contributed by atoms with Crippen LogP contribution >= 0.6 is 0 Å². The fraction of sp³-hybridized carbons (Fsp3) is 0.632. The van der Waals surface area contributed by atoms with Crippen molar-refractivity contribution in [2.75, 3.05) is 6.54 Å². The van der Waals surface area contributed by atoms with Gasteiger partial charge in [0.05, 0.1) is 0 Å². The second-order valence-corrected chi connectivity index (χ2v) is 6.01. The van der Waals surface area contributed by atoms with E-state index in [4.69, 9.17) is 5.11 Å². The Balaban J connectivity index is 2.04. The molecule has 1 aromatic rings. The van der Waals surface area contributed by atoms with Crippen molar-refractivity contribution in [3.63, 3.8) is 0 Å². The number of hydrogen-bond donors (Lipinski definition) is 2. The minimum Gasteiger partial charge on any atom is -0.481 e. The first-order chi connectivity index (χ1) is 10.7. The molecule has 0 heterocycles. The fourth-order valence-corrected chi connectivity index (χ4v) is 2.51. The van der Waals surface area contributed by atoms with Crippen LogP contribution in [-0.4, -0.2) is 17.6 Å². The Hall–Kier alpha value is -1.35. The quantitative estimate of drug-likeness (QED) is 0.526. The van der Waals surface area contributed by atoms with E-state index in [0.717, 1.165) is 18.7 Å². The van der Waals surface area contributed by atoms with Gasteiger partial charge in [0.1, 0.15) is 0 Å². The highest BCUT2D eigenvalue weighted by Gasteiger charge is 1.99. The maximum Gasteiger partial charge on any atom is 0.303 e. The lowest BCUT2D eigenvalue weighted by atomic mass is 10.1. The summed E-state index contributed by atoms with van der Waals surface area (Å²) in [5.74, 6) is -0.736. The van der Waals surface area contributed by atoms with Crippen LogP contribution in [-0.2, 0) is 17.8 Å². The van der Waals surface area contributed by atoms with E-state index in [1.807, 2.05) is 12.1 Å². The van der Waals surface area contributed by atoms with Crippen molar-refractivity contribution in [2.24, 2.45) is 0 Å². The lowest BCUT2D eigenvalue weighted by Gasteiger charge is -2.06. The molecule has 124 valence electrons. The molecule has 1 aromatic carbocycles. The predicted octanol–water partition coefficient (Wildman–Crippen LogP) is 4.54. The number of nitrogens with one attached hydrogen (secondary N) is 1. The molecule has 0 saturated carbocycles. The minimum atomic E-state index is -0.736. The average molecular weight is 305 g/mol. The van der Waals surface area contributed by atoms with E-state index in [0.29, 0.717) is 6.42 Å². The van der Waals surface area contributed by atoms with Gasteiger partial charge in [-0.25, -0.2) is 0 Å². The maximum absolute atomic E-state index is 10.5. The molecule has 0 aliphatic rings. The summed E-state index contributed by atoms with van der Waals surface area (Å²) in [4.78, 5) is 10.5. The molecular formula is C19H31NO2. The van der Waals surface area contributed by atoms with E-state index in [-0.39, 0.29) is 6.42 Å². The third kappa shape index (κ3) is 9.56. The van der Waals surface area contributed by atoms with E-state index < -0.39 is 5.97 Å². The van der Waals surface area contributed by atoms with Gasteiger partial charge in [0, 0.05) is 13.0 Å². The first-order valence-corrected chi connectivity index (χ1v) is 8.72. The van der Waals surface area contributed by atoms with Crippen LogP contribution in [0.2, 0.25) is 0 Å². The summed E-state index contributed by atoms with van der Waals surface area (Å²) >= 11 is 0. The van der Waals surface area contributed by atoms with Crippen LogP contribution in [0.15, 0.2) is 24.3 Å². The van der Waals surface area contributed by atoms with Crippen LogP contribution in [0.25, 0.3) is 0 Å². The number of benzene rings is 1. The van der Waals surface area contributed by atoms with Gasteiger partial charge in [0.25, 0.3) is 0 Å². The SMILES string of the molecule is CCCCCCCCCNCc1ccc(CCC(=O)O)cc1. The lowest BCUT2D eigenvalue weighted by Crippen LogP contribution is -2.14. The molecule has 1 rings (SSSR count). The summed E-state index contributed by atoms with van der Waals surface area (Å²) in [6.45, 7) is 4.23. The Morgan fingerprint density at radius 1 is 0.955 bits per heavy atom. The van der Waals surface area contributed by atoms with Gasteiger partial charge in [0.15, 0.2) is 0 Å². The summed E-state index contributed by atoms with van der Waals surface area (Å²) in [6, 6.07) is 8.26. The van der Waals surface area contributed by atoms with E-state index in [1.165, 1.54) is 50.5 Å². The number of rotatable bonds is 13. The van der Waals surface area contributed by atoms with Gasteiger partial charge in [-0.2, -0.15) is 0 Å². The highest BCUT2D eigenvalue weighted by Crippen LogP contribution is 2.08. The van der Waals surface area contributed by atoms with Crippen molar-refractivity contribution < 1.29 is 9.90 Å². The van der Waals surface area contributed by atoms with Gasteiger partial charge in [-0.15, -0.1) is 0 Å². The van der Waals surface area contributed by atoms with Gasteiger partial charge in [-0.3, -0.25) is 4.79 Å². The van der Waals surface area contributed by atoms with Crippen molar-refractivity contribution in [3.05, 3.63) is 35.4 Å². The Morgan fingerprint density at radius 3 is 2.18 bits per heavy atom. The Kier molecular flexibility index (Phi) is 10.4. The number of carboxylic acid groups (broad SMARTS) is 1. The second kappa shape index (κ2) is 12.2. The first kappa shape index (κ1) is 18.7. The third-order valence-corrected chi connectivity index (χ3v) is 3.94. The average Bonchev–Trinajstić information content (AvgIpc) is 2.52. The molecule has 3 heteroatoms. The smallest absolute Gasteiger partial charge is 0.303 e. The van der Waals surface area contributed by atoms with Crippen LogP contribution in [0.4, 0.5) is 0 Å². The summed E-state index contributed by atoms with van der Waals surface area (Å²) in [5, 5.41) is 12.1. The molecule has 0 saturated heterocycles. The topological polar surface area (TPSA) is 49.3 Å². The molecule has 0 aliphatic heterocycles. The number of aryl methyl sites for hydroxylation is 1. The van der Waals surface area contributed by atoms with E-state index in [2.05, 4.69) is 24.4 Å². The van der Waals surface area contributed by atoms with Crippen molar-refractivity contribution in [1.29, 1.82) is 0 Å². The van der Waals surface area contributed by atoms with Crippen LogP contribution in [0.5, 0.6) is 0 Å². The molecule has 3 nitrogen and oxygen atoms in total. The fourth-order valence-electron chi connectivity index (χ4n) is 2.51. The number of unbranched alkanes of at least 4 members (excludes halogenated alkanes) is 6. The molecule has 0 fully saturated rings. The van der Waals surface area contributed by atoms with Gasteiger partial charge in [-0.1, -0.05) is 69.7 Å². The molecule has 0 unspecified atom stereocenters. The highest BCUT2D eigenvalue weighted by atomic mass is 16.4. The molecule has 2 N–H and O–H groups in total. The van der Waals surface area contributed by atoms with Crippen LogP contribution in [0.1, 0.15) is 69.4 Å². The molecule has 0 amide bonds. The summed E-state index contributed by atoms with van der Waals surface area (Å²) in [6.07, 6.45) is 10.2. The minimum absolute atomic E-state index is 0.204. The standard InChI is InChI=1S/C19H31NO2/c1-2-3-4-5-6-7-8-15-20-16-18-11-9-17(10-12-18)13-14-19(21)22/h9-12,20H,2-8,13-16H2,1H3,(H,21,22). The van der Waals surface area contributed by atoms with Crippen molar-refractivity contribution in [3.8, 4) is 0 Å². The largest absolute Gasteiger partial charge is 0.481 e. The molecule has 0 radical (unpaired) electrons. The second-order valence-electron chi connectivity index (χ2n) is 6.01. The van der Waals surface area contributed by atoms with E-state index in [9.17, 15) is 4.79 Å². The van der Waals surface area contributed by atoms with E-state index >= 15 is 0 Å². The van der Waals surface area contributed by atoms with Crippen LogP contribution < -0.4 is 5.32 Å². The van der Waals surface area contributed by atoms with Crippen LogP contribution in [0.3, 0.4) is 0 Å². The van der Waals surface area contributed by atoms with Gasteiger partial charge < -0.3 is 10.4 Å². The summed E-state index contributed by atoms with van der Waals surface area (Å²) < 4.78 is 0. The number of hydrogen-bond acceptors (Lipinski definition) is 2. The number of carbonyl (C=O) groups is 1. The van der Waals surface area contributed by atoms with Gasteiger partial charge in [-0.05, 0) is 30.5 Å². The zero-order chi connectivity index (χ0) is 16.0. The molecule has 0 aliphatic carbocycles. The molecule has 0 bridgehead atoms. The Labute approximate surface area is 135 Å². The zero-order valence-electron chi connectivity index (χ0n) is 13.9. The van der Waals surface area contributed by atoms with Crippen molar-refractivity contribution >= 4 is 5.97 Å². The summed E-state index contributed by atoms with van der Waals surface area (Å²) in [7, 11) is 0.